The van der Waals surface area contributed by atoms with Gasteiger partial charge in [-0.2, -0.15) is 0 Å². The van der Waals surface area contributed by atoms with E-state index in [0.717, 1.165) is 27.9 Å². The Morgan fingerprint density at radius 2 is 1.89 bits per heavy atom. The van der Waals surface area contributed by atoms with Crippen LogP contribution in [0.5, 0.6) is 11.5 Å². The minimum absolute atomic E-state index is 0.0521. The second kappa shape index (κ2) is 7.29. The van der Waals surface area contributed by atoms with Gasteiger partial charge in [-0.15, -0.1) is 0 Å². The van der Waals surface area contributed by atoms with Gasteiger partial charge in [0, 0.05) is 0 Å². The van der Waals surface area contributed by atoms with E-state index in [1.54, 1.807) is 0 Å². The summed E-state index contributed by atoms with van der Waals surface area (Å²) in [5, 5.41) is 22.4. The molecule has 2 aromatic carbocycles. The second-order valence-corrected chi connectivity index (χ2v) is 8.95. The molecule has 0 saturated heterocycles. The molecule has 1 aliphatic rings. The van der Waals surface area contributed by atoms with Gasteiger partial charge in [0.05, 0.1) is 0 Å². The van der Waals surface area contributed by atoms with Gasteiger partial charge in [-0.1, -0.05) is 0 Å². The molecular weight excluding hydrogens is 485 g/mol. The van der Waals surface area contributed by atoms with Crippen molar-refractivity contribution in [1.29, 1.82) is 0 Å². The molecule has 5 nitrogen and oxygen atoms in total. The molecule has 0 unspecified atom stereocenters. The van der Waals surface area contributed by atoms with Crippen LogP contribution in [-0.2, 0) is 13.5 Å². The Kier molecular flexibility index (Phi) is 4.96. The van der Waals surface area contributed by atoms with Gasteiger partial charge in [-0.3, -0.25) is 0 Å². The number of benzene rings is 2. The fourth-order valence-corrected chi connectivity index (χ4v) is 5.56. The molecule has 0 amide bonds. The SMILES string of the molecule is CCc1cc(C2=C[I-]NC(=S)N2c2ccc3c(c2)cc(C)n3C)c(O)cc1O. The van der Waals surface area contributed by atoms with Gasteiger partial charge < -0.3 is 0 Å². The molecule has 1 aromatic heterocycles. The number of aromatic nitrogens is 1. The topological polar surface area (TPSA) is 60.7 Å². The molecule has 0 atom stereocenters. The summed E-state index contributed by atoms with van der Waals surface area (Å²) in [6.45, 7) is 4.07. The third-order valence-electron chi connectivity index (χ3n) is 5.12. The van der Waals surface area contributed by atoms with Crippen molar-refractivity contribution in [2.75, 3.05) is 4.90 Å². The first-order valence-electron chi connectivity index (χ1n) is 8.94. The van der Waals surface area contributed by atoms with E-state index < -0.39 is 21.5 Å². The summed E-state index contributed by atoms with van der Waals surface area (Å²) >= 11 is 5.18. The van der Waals surface area contributed by atoms with E-state index in [2.05, 4.69) is 44.4 Å². The Morgan fingerprint density at radius 3 is 2.64 bits per heavy atom. The van der Waals surface area contributed by atoms with Gasteiger partial charge in [-0.25, -0.2) is 0 Å². The Morgan fingerprint density at radius 1 is 1.11 bits per heavy atom. The Hall–Kier alpha value is -2.26. The fourth-order valence-electron chi connectivity index (χ4n) is 3.49. The number of anilines is 1. The van der Waals surface area contributed by atoms with Gasteiger partial charge in [-0.05, 0) is 0 Å². The van der Waals surface area contributed by atoms with Crippen molar-refractivity contribution in [3.05, 3.63) is 57.3 Å². The number of hydrogen-bond donors (Lipinski definition) is 3. The summed E-state index contributed by atoms with van der Waals surface area (Å²) < 4.78 is 7.58. The van der Waals surface area contributed by atoms with Crippen molar-refractivity contribution in [1.82, 2.24) is 8.10 Å². The van der Waals surface area contributed by atoms with Gasteiger partial charge in [0.15, 0.2) is 0 Å². The van der Waals surface area contributed by atoms with Crippen molar-refractivity contribution in [3.63, 3.8) is 0 Å². The molecule has 4 rings (SSSR count). The summed E-state index contributed by atoms with van der Waals surface area (Å²) in [5.41, 5.74) is 5.63. The van der Waals surface area contributed by atoms with E-state index in [9.17, 15) is 10.2 Å². The molecule has 0 saturated carbocycles. The van der Waals surface area contributed by atoms with Crippen molar-refractivity contribution >= 4 is 39.6 Å². The third-order valence-corrected chi connectivity index (χ3v) is 7.49. The van der Waals surface area contributed by atoms with Crippen LogP contribution in [0.25, 0.3) is 16.6 Å². The zero-order chi connectivity index (χ0) is 20.0. The van der Waals surface area contributed by atoms with E-state index in [4.69, 9.17) is 12.2 Å². The Balaban J connectivity index is 1.86. The van der Waals surface area contributed by atoms with Gasteiger partial charge in [0.2, 0.25) is 0 Å². The molecule has 3 aromatic rings. The molecule has 7 heteroatoms. The van der Waals surface area contributed by atoms with Crippen LogP contribution in [0.3, 0.4) is 0 Å². The maximum absolute atomic E-state index is 10.5. The summed E-state index contributed by atoms with van der Waals surface area (Å²) in [4.78, 5) is 1.96. The maximum atomic E-state index is 10.5. The molecule has 0 spiro atoms. The quantitative estimate of drug-likeness (QED) is 0.283. The second-order valence-electron chi connectivity index (χ2n) is 6.78. The average Bonchev–Trinajstić information content (AvgIpc) is 2.95. The van der Waals surface area contributed by atoms with Crippen LogP contribution in [-0.4, -0.2) is 19.9 Å². The molecule has 3 N–H and O–H groups in total. The van der Waals surface area contributed by atoms with Crippen LogP contribution in [0, 0.1) is 6.92 Å². The first-order chi connectivity index (χ1) is 13.4. The average molecular weight is 506 g/mol. The predicted octanol–water partition coefficient (Wildman–Crippen LogP) is 1.16. The van der Waals surface area contributed by atoms with E-state index in [0.29, 0.717) is 17.1 Å². The van der Waals surface area contributed by atoms with Crippen LogP contribution in [0.15, 0.2) is 40.5 Å². The number of nitrogens with zero attached hydrogens (tertiary/aromatic N) is 2. The number of phenolic OH excluding ortho intramolecular Hbond substituents is 2. The number of hydrogen-bond acceptors (Lipinski definition) is 3. The molecule has 146 valence electrons. The predicted molar refractivity (Wildman–Crippen MR) is 113 cm³/mol. The zero-order valence-electron chi connectivity index (χ0n) is 15.8. The first-order valence-corrected chi connectivity index (χ1v) is 11.7. The number of phenols is 2. The number of aryl methyl sites for hydroxylation is 3. The van der Waals surface area contributed by atoms with Gasteiger partial charge in [0.25, 0.3) is 0 Å². The molecular formula is C21H21IN3O2S-. The van der Waals surface area contributed by atoms with Crippen LogP contribution >= 0.6 is 12.2 Å². The summed E-state index contributed by atoms with van der Waals surface area (Å²) in [6.07, 6.45) is 0.680. The van der Waals surface area contributed by atoms with E-state index in [-0.39, 0.29) is 11.5 Å². The van der Waals surface area contributed by atoms with Crippen molar-refractivity contribution < 1.29 is 31.7 Å². The normalized spacial score (nSPS) is 14.6. The third kappa shape index (κ3) is 3.12. The molecule has 1 aliphatic heterocycles. The van der Waals surface area contributed by atoms with Crippen molar-refractivity contribution in [3.8, 4) is 11.5 Å². The number of halogens is 1. The van der Waals surface area contributed by atoms with Crippen LogP contribution in [0.4, 0.5) is 5.69 Å². The Bertz CT molecular complexity index is 1140. The number of nitrogens with one attached hydrogen (secondary N) is 1. The summed E-state index contributed by atoms with van der Waals surface area (Å²) in [6, 6.07) is 11.7. The number of thiocarbonyl (C=S) groups is 1. The molecule has 0 radical (unpaired) electrons. The van der Waals surface area contributed by atoms with E-state index in [1.807, 2.05) is 24.0 Å². The van der Waals surface area contributed by atoms with Crippen molar-refractivity contribution in [2.24, 2.45) is 7.05 Å². The monoisotopic (exact) mass is 506 g/mol. The molecule has 0 bridgehead atoms. The fraction of sp³-hybridized carbons (Fsp3) is 0.190. The van der Waals surface area contributed by atoms with Crippen LogP contribution in [0.1, 0.15) is 23.7 Å². The van der Waals surface area contributed by atoms with E-state index in [1.165, 1.54) is 11.8 Å². The minimum atomic E-state index is -0.455. The number of aromatic hydroxyl groups is 2. The summed E-state index contributed by atoms with van der Waals surface area (Å²) in [7, 11) is 2.06. The molecule has 2 heterocycles. The van der Waals surface area contributed by atoms with Crippen molar-refractivity contribution in [2.45, 2.75) is 20.3 Å². The zero-order valence-corrected chi connectivity index (χ0v) is 18.8. The van der Waals surface area contributed by atoms with Gasteiger partial charge in [0.1, 0.15) is 0 Å². The first kappa shape index (κ1) is 19.1. The summed E-state index contributed by atoms with van der Waals surface area (Å²) in [5.74, 6) is 0.166. The molecule has 0 aliphatic carbocycles. The number of fused-ring (bicyclic) bond motifs is 1. The molecule has 0 fully saturated rings. The Labute approximate surface area is 179 Å². The number of rotatable bonds is 3. The molecule has 28 heavy (non-hydrogen) atoms. The van der Waals surface area contributed by atoms with Crippen LogP contribution in [0.2, 0.25) is 0 Å². The standard InChI is InChI=1S/C21H21IN3O2S/c1-4-13-9-16(20(27)10-19(13)26)18-11-22-23-21(28)25(18)15-5-6-17-14(8-15)7-12(2)24(17)3/h5-11,26-27H,4H2,1-3H3,(H,23,28)/q-1. The van der Waals surface area contributed by atoms with E-state index >= 15 is 0 Å². The van der Waals surface area contributed by atoms with Crippen LogP contribution < -0.4 is 29.9 Å². The van der Waals surface area contributed by atoms with Gasteiger partial charge >= 0.3 is 180 Å².